The van der Waals surface area contributed by atoms with Crippen molar-refractivity contribution in [3.8, 4) is 10.4 Å². The van der Waals surface area contributed by atoms with Gasteiger partial charge in [-0.15, -0.1) is 0 Å². The molecule has 0 spiro atoms. The van der Waals surface area contributed by atoms with Crippen LogP contribution in [-0.2, 0) is 12.8 Å². The van der Waals surface area contributed by atoms with Crippen molar-refractivity contribution < 1.29 is 9.34 Å². The lowest BCUT2D eigenvalue weighted by atomic mass is 9.94. The zero-order chi connectivity index (χ0) is 15.8. The van der Waals surface area contributed by atoms with E-state index in [9.17, 15) is 10.1 Å². The van der Waals surface area contributed by atoms with Gasteiger partial charge < -0.3 is 4.42 Å². The predicted molar refractivity (Wildman–Crippen MR) is 87.6 cm³/mol. The van der Waals surface area contributed by atoms with Crippen LogP contribution >= 0.6 is 11.3 Å². The molecule has 1 aliphatic rings. The van der Waals surface area contributed by atoms with Gasteiger partial charge in [-0.2, -0.15) is 0 Å². The Morgan fingerprint density at radius 2 is 2.13 bits per heavy atom. The first kappa shape index (κ1) is 13.8. The lowest BCUT2D eigenvalue weighted by Crippen LogP contribution is -2.01. The number of benzene rings is 1. The average Bonchev–Trinajstić information content (AvgIpc) is 3.19. The molecule has 0 aliphatic heterocycles. The first-order valence-corrected chi connectivity index (χ1v) is 7.88. The fourth-order valence-corrected chi connectivity index (χ4v) is 3.63. The highest BCUT2D eigenvalue weighted by Crippen LogP contribution is 2.40. The molecule has 6 nitrogen and oxygen atoms in total. The molecule has 2 heterocycles. The summed E-state index contributed by atoms with van der Waals surface area (Å²) in [6.07, 6.45) is 3.36. The van der Waals surface area contributed by atoms with E-state index in [1.807, 2.05) is 12.1 Å². The fourth-order valence-electron chi connectivity index (χ4n) is 2.62. The van der Waals surface area contributed by atoms with Crippen molar-refractivity contribution in [1.29, 1.82) is 0 Å². The fraction of sp³-hybridized carbons (Fsp3) is 0.125. The number of aromatic nitrogens is 1. The number of nitrogens with zero attached hydrogens (tertiary/aromatic N) is 3. The van der Waals surface area contributed by atoms with Gasteiger partial charge in [0.1, 0.15) is 4.92 Å². The maximum Gasteiger partial charge on any atom is 0.433 e. The number of rotatable bonds is 3. The topological polar surface area (TPSA) is 81.5 Å². The molecule has 0 bridgehead atoms. The van der Waals surface area contributed by atoms with Crippen LogP contribution in [0.25, 0.3) is 10.4 Å². The molecular weight excluding hydrogens is 314 g/mol. The van der Waals surface area contributed by atoms with Gasteiger partial charge in [0.05, 0.1) is 22.9 Å². The highest BCUT2D eigenvalue weighted by Gasteiger charge is 2.20. The molecule has 23 heavy (non-hydrogen) atoms. The number of furan rings is 1. The van der Waals surface area contributed by atoms with Gasteiger partial charge in [0.25, 0.3) is 0 Å². The quantitative estimate of drug-likeness (QED) is 0.411. The lowest BCUT2D eigenvalue weighted by Gasteiger charge is -2.13. The first-order valence-electron chi connectivity index (χ1n) is 7.07. The van der Waals surface area contributed by atoms with E-state index in [1.165, 1.54) is 40.8 Å². The second-order valence-electron chi connectivity index (χ2n) is 5.12. The summed E-state index contributed by atoms with van der Waals surface area (Å²) < 4.78 is 5.05. The van der Waals surface area contributed by atoms with E-state index in [0.29, 0.717) is 10.9 Å². The zero-order valence-corrected chi connectivity index (χ0v) is 12.7. The Labute approximate surface area is 135 Å². The second kappa shape index (κ2) is 5.44. The van der Waals surface area contributed by atoms with Crippen LogP contribution < -0.4 is 0 Å². The molecule has 0 fully saturated rings. The largest absolute Gasteiger partial charge is 0.433 e. The maximum absolute atomic E-state index is 10.6. The van der Waals surface area contributed by atoms with Gasteiger partial charge in [-0.1, -0.05) is 35.6 Å². The van der Waals surface area contributed by atoms with Crippen molar-refractivity contribution >= 4 is 28.6 Å². The van der Waals surface area contributed by atoms with Crippen molar-refractivity contribution in [2.45, 2.75) is 12.8 Å². The molecule has 0 radical (unpaired) electrons. The summed E-state index contributed by atoms with van der Waals surface area (Å²) in [4.78, 5) is 20.0. The molecule has 0 atom stereocenters. The number of aliphatic imine (C=N–C) groups is 1. The van der Waals surface area contributed by atoms with Gasteiger partial charge in [0, 0.05) is 0 Å². The monoisotopic (exact) mass is 325 g/mol. The number of hydrogen-bond donors (Lipinski definition) is 0. The van der Waals surface area contributed by atoms with Crippen LogP contribution in [0.2, 0.25) is 0 Å². The Morgan fingerprint density at radius 1 is 1.26 bits per heavy atom. The standard InChI is InChI=1S/C16H11N3O3S/c20-19(21)14-8-6-11(22-14)9-17-16-18-13-7-5-10-3-1-2-4-12(10)15(13)23-16/h1-4,6,8-9H,5,7H2. The van der Waals surface area contributed by atoms with Crippen LogP contribution in [0.3, 0.4) is 0 Å². The molecule has 3 aromatic rings. The van der Waals surface area contributed by atoms with Crippen LogP contribution in [0.4, 0.5) is 11.0 Å². The Bertz CT molecular complexity index is 926. The van der Waals surface area contributed by atoms with Crippen LogP contribution in [-0.4, -0.2) is 16.1 Å². The minimum Gasteiger partial charge on any atom is -0.400 e. The smallest absolute Gasteiger partial charge is 0.400 e. The van der Waals surface area contributed by atoms with Gasteiger partial charge in [0.15, 0.2) is 5.76 Å². The lowest BCUT2D eigenvalue weighted by molar-refractivity contribution is -0.402. The molecule has 0 amide bonds. The summed E-state index contributed by atoms with van der Waals surface area (Å²) in [5.41, 5.74) is 3.62. The summed E-state index contributed by atoms with van der Waals surface area (Å²) in [6.45, 7) is 0. The Balaban J connectivity index is 1.63. The maximum atomic E-state index is 10.6. The SMILES string of the molecule is O=[N+]([O-])c1ccc(C=Nc2nc3c(s2)-c2ccccc2CC3)o1. The highest BCUT2D eigenvalue weighted by atomic mass is 32.1. The molecule has 4 rings (SSSR count). The van der Waals surface area contributed by atoms with E-state index < -0.39 is 4.92 Å². The third kappa shape index (κ3) is 2.55. The predicted octanol–water partition coefficient (Wildman–Crippen LogP) is 4.16. The van der Waals surface area contributed by atoms with Gasteiger partial charge in [-0.3, -0.25) is 10.1 Å². The number of thiazole rings is 1. The number of fused-ring (bicyclic) bond motifs is 3. The summed E-state index contributed by atoms with van der Waals surface area (Å²) >= 11 is 1.53. The molecule has 7 heteroatoms. The van der Waals surface area contributed by atoms with Crippen molar-refractivity contribution in [3.05, 3.63) is 63.5 Å². The third-order valence-corrected chi connectivity index (χ3v) is 4.71. The Morgan fingerprint density at radius 3 is 2.96 bits per heavy atom. The van der Waals surface area contributed by atoms with Gasteiger partial charge >= 0.3 is 5.88 Å². The van der Waals surface area contributed by atoms with Crippen LogP contribution in [0.15, 0.2) is 45.8 Å². The molecule has 1 aliphatic carbocycles. The van der Waals surface area contributed by atoms with Crippen LogP contribution in [0.5, 0.6) is 0 Å². The van der Waals surface area contributed by atoms with Crippen LogP contribution in [0, 0.1) is 10.1 Å². The summed E-state index contributed by atoms with van der Waals surface area (Å²) in [7, 11) is 0. The average molecular weight is 325 g/mol. The highest BCUT2D eigenvalue weighted by molar-refractivity contribution is 7.18. The van der Waals surface area contributed by atoms with Gasteiger partial charge in [-0.25, -0.2) is 9.98 Å². The molecule has 0 saturated heterocycles. The third-order valence-electron chi connectivity index (χ3n) is 3.67. The van der Waals surface area contributed by atoms with Crippen molar-refractivity contribution in [1.82, 2.24) is 4.98 Å². The molecule has 0 unspecified atom stereocenters. The van der Waals surface area contributed by atoms with E-state index >= 15 is 0 Å². The number of hydrogen-bond acceptors (Lipinski definition) is 6. The van der Waals surface area contributed by atoms with E-state index in [0.717, 1.165) is 23.4 Å². The molecule has 0 saturated carbocycles. The van der Waals surface area contributed by atoms with Crippen LogP contribution in [0.1, 0.15) is 17.0 Å². The van der Waals surface area contributed by atoms with Gasteiger partial charge in [-0.05, 0) is 30.0 Å². The molecule has 114 valence electrons. The molecule has 1 aromatic carbocycles. The van der Waals surface area contributed by atoms with E-state index in [2.05, 4.69) is 22.1 Å². The number of aryl methyl sites for hydroxylation is 2. The Hall–Kier alpha value is -2.80. The van der Waals surface area contributed by atoms with Crippen molar-refractivity contribution in [2.24, 2.45) is 4.99 Å². The van der Waals surface area contributed by atoms with E-state index in [4.69, 9.17) is 4.42 Å². The number of nitro groups is 1. The minimum absolute atomic E-state index is 0.293. The normalized spacial score (nSPS) is 13.0. The van der Waals surface area contributed by atoms with E-state index in [1.54, 1.807) is 0 Å². The first-order chi connectivity index (χ1) is 11.2. The zero-order valence-electron chi connectivity index (χ0n) is 11.9. The minimum atomic E-state index is -0.573. The summed E-state index contributed by atoms with van der Waals surface area (Å²) in [6, 6.07) is 11.2. The summed E-state index contributed by atoms with van der Waals surface area (Å²) in [5, 5.41) is 11.2. The van der Waals surface area contributed by atoms with Crippen molar-refractivity contribution in [3.63, 3.8) is 0 Å². The second-order valence-corrected chi connectivity index (χ2v) is 6.10. The Kier molecular flexibility index (Phi) is 3.27. The molecular formula is C16H11N3O3S. The van der Waals surface area contributed by atoms with Gasteiger partial charge in [0.2, 0.25) is 5.13 Å². The van der Waals surface area contributed by atoms with Crippen molar-refractivity contribution in [2.75, 3.05) is 0 Å². The molecule has 0 N–H and O–H groups in total. The molecule has 2 aromatic heterocycles. The summed E-state index contributed by atoms with van der Waals surface area (Å²) in [5.74, 6) is 0.0454. The van der Waals surface area contributed by atoms with E-state index in [-0.39, 0.29) is 5.88 Å².